The number of carbonyl (C=O) groups excluding carboxylic acids is 4. The van der Waals surface area contributed by atoms with Crippen molar-refractivity contribution in [3.8, 4) is 0 Å². The number of carbonyl (C=O) groups is 4. The van der Waals surface area contributed by atoms with E-state index in [0.29, 0.717) is 38.3 Å². The molecule has 2 fully saturated rings. The Morgan fingerprint density at radius 1 is 0.976 bits per heavy atom. The van der Waals surface area contributed by atoms with Gasteiger partial charge in [0.2, 0.25) is 17.7 Å². The summed E-state index contributed by atoms with van der Waals surface area (Å²) in [6, 6.07) is 2.90. The van der Waals surface area contributed by atoms with Crippen molar-refractivity contribution in [2.24, 2.45) is 17.3 Å². The SMILES string of the molecule is CC(C)(C)[C@H](NC(=O)C(CC(=O)NO)CC1CCCC1)C(=O)N1CCC(NC(=O)c2ccc(C(F)(F)F)cc2)CC1. The van der Waals surface area contributed by atoms with E-state index >= 15 is 0 Å². The summed E-state index contributed by atoms with van der Waals surface area (Å²) < 4.78 is 38.4. The Hall–Kier alpha value is -3.15. The first-order valence-electron chi connectivity index (χ1n) is 14.2. The standard InChI is InChI=1S/C29H41F3N4O5/c1-28(2,3)24(34-26(39)20(17-23(37)35-41)16-18-6-4-5-7-18)27(40)36-14-12-22(13-15-36)33-25(38)19-8-10-21(11-9-19)29(30,31)32/h8-11,18,20,22,24,41H,4-7,12-17H2,1-3H3,(H,33,38)(H,34,39)(H,35,37)/t20?,24-/m1/s1. The van der Waals surface area contributed by atoms with Crippen molar-refractivity contribution in [2.75, 3.05) is 13.1 Å². The molecule has 0 radical (unpaired) electrons. The van der Waals surface area contributed by atoms with Gasteiger partial charge in [-0.3, -0.25) is 24.4 Å². The van der Waals surface area contributed by atoms with Crippen molar-refractivity contribution < 1.29 is 37.6 Å². The lowest BCUT2D eigenvalue weighted by molar-refractivity contribution is -0.142. The van der Waals surface area contributed by atoms with E-state index in [9.17, 15) is 32.3 Å². The Labute approximate surface area is 238 Å². The fourth-order valence-electron chi connectivity index (χ4n) is 5.62. The number of nitrogens with one attached hydrogen (secondary N) is 3. The molecule has 228 valence electrons. The quantitative estimate of drug-likeness (QED) is 0.258. The third kappa shape index (κ3) is 9.17. The lowest BCUT2D eigenvalue weighted by atomic mass is 9.84. The zero-order valence-electron chi connectivity index (χ0n) is 23.9. The van der Waals surface area contributed by atoms with Crippen molar-refractivity contribution in [3.05, 3.63) is 35.4 Å². The van der Waals surface area contributed by atoms with Crippen molar-refractivity contribution in [3.63, 3.8) is 0 Å². The summed E-state index contributed by atoms with van der Waals surface area (Å²) in [4.78, 5) is 53.1. The number of amides is 4. The molecular formula is C29H41F3N4O5. The summed E-state index contributed by atoms with van der Waals surface area (Å²) in [7, 11) is 0. The summed E-state index contributed by atoms with van der Waals surface area (Å²) in [6.45, 7) is 6.20. The van der Waals surface area contributed by atoms with Gasteiger partial charge in [-0.15, -0.1) is 0 Å². The topological polar surface area (TPSA) is 128 Å². The van der Waals surface area contributed by atoms with Crippen LogP contribution in [-0.4, -0.2) is 58.9 Å². The van der Waals surface area contributed by atoms with Crippen molar-refractivity contribution in [1.29, 1.82) is 0 Å². The van der Waals surface area contributed by atoms with Crippen molar-refractivity contribution in [1.82, 2.24) is 21.0 Å². The minimum Gasteiger partial charge on any atom is -0.349 e. The lowest BCUT2D eigenvalue weighted by Crippen LogP contribution is -2.58. The van der Waals surface area contributed by atoms with Crippen LogP contribution in [0.25, 0.3) is 0 Å². The zero-order valence-corrected chi connectivity index (χ0v) is 23.9. The van der Waals surface area contributed by atoms with Crippen LogP contribution in [0, 0.1) is 17.3 Å². The summed E-state index contributed by atoms with van der Waals surface area (Å²) in [6.07, 6.45) is 0.872. The molecule has 0 spiro atoms. The van der Waals surface area contributed by atoms with Gasteiger partial charge < -0.3 is 15.5 Å². The molecule has 2 atom stereocenters. The van der Waals surface area contributed by atoms with Gasteiger partial charge in [-0.05, 0) is 54.9 Å². The molecule has 9 nitrogen and oxygen atoms in total. The second kappa shape index (κ2) is 13.7. The molecule has 0 bridgehead atoms. The number of alkyl halides is 3. The number of likely N-dealkylation sites (tertiary alicyclic amines) is 1. The molecule has 1 saturated heterocycles. The zero-order chi connectivity index (χ0) is 30.4. The molecule has 41 heavy (non-hydrogen) atoms. The summed E-state index contributed by atoms with van der Waals surface area (Å²) in [5.74, 6) is -2.14. The third-order valence-electron chi connectivity index (χ3n) is 8.04. The third-order valence-corrected chi connectivity index (χ3v) is 8.04. The lowest BCUT2D eigenvalue weighted by Gasteiger charge is -2.39. The summed E-state index contributed by atoms with van der Waals surface area (Å²) >= 11 is 0. The molecule has 1 aromatic carbocycles. The van der Waals surface area contributed by atoms with E-state index < -0.39 is 46.8 Å². The fourth-order valence-corrected chi connectivity index (χ4v) is 5.62. The highest BCUT2D eigenvalue weighted by atomic mass is 19.4. The van der Waals surface area contributed by atoms with Crippen LogP contribution in [0.15, 0.2) is 24.3 Å². The van der Waals surface area contributed by atoms with Gasteiger partial charge in [-0.25, -0.2) is 5.48 Å². The van der Waals surface area contributed by atoms with Crippen LogP contribution in [0.2, 0.25) is 0 Å². The van der Waals surface area contributed by atoms with E-state index in [1.807, 2.05) is 20.8 Å². The van der Waals surface area contributed by atoms with Gasteiger partial charge in [0.25, 0.3) is 5.91 Å². The first-order chi connectivity index (χ1) is 19.2. The molecule has 1 aromatic rings. The molecule has 3 rings (SSSR count). The van der Waals surface area contributed by atoms with E-state index in [4.69, 9.17) is 5.21 Å². The Balaban J connectivity index is 1.59. The predicted octanol–water partition coefficient (Wildman–Crippen LogP) is 4.05. The number of hydroxylamine groups is 1. The monoisotopic (exact) mass is 582 g/mol. The number of piperidine rings is 1. The average Bonchev–Trinajstić information content (AvgIpc) is 3.43. The first kappa shape index (κ1) is 32.4. The van der Waals surface area contributed by atoms with Crippen LogP contribution < -0.4 is 16.1 Å². The summed E-state index contributed by atoms with van der Waals surface area (Å²) in [5.41, 5.74) is 0.262. The molecule has 1 aliphatic carbocycles. The predicted molar refractivity (Wildman–Crippen MR) is 145 cm³/mol. The van der Waals surface area contributed by atoms with Gasteiger partial charge in [0.1, 0.15) is 6.04 Å². The molecule has 4 N–H and O–H groups in total. The number of nitrogens with zero attached hydrogens (tertiary/aromatic N) is 1. The maximum atomic E-state index is 13.6. The number of hydrogen-bond acceptors (Lipinski definition) is 5. The normalized spacial score (nSPS) is 18.5. The Kier molecular flexibility index (Phi) is 10.8. The van der Waals surface area contributed by atoms with Gasteiger partial charge in [-0.2, -0.15) is 13.2 Å². The van der Waals surface area contributed by atoms with Gasteiger partial charge >= 0.3 is 6.18 Å². The minimum absolute atomic E-state index is 0.119. The van der Waals surface area contributed by atoms with Crippen LogP contribution in [0.5, 0.6) is 0 Å². The summed E-state index contributed by atoms with van der Waals surface area (Å²) in [5, 5.41) is 14.7. The number of rotatable bonds is 9. The van der Waals surface area contributed by atoms with E-state index in [0.717, 1.165) is 49.9 Å². The minimum atomic E-state index is -4.48. The molecule has 12 heteroatoms. The second-order valence-electron chi connectivity index (χ2n) is 12.3. The molecule has 1 aliphatic heterocycles. The Morgan fingerprint density at radius 3 is 2.07 bits per heavy atom. The maximum Gasteiger partial charge on any atom is 0.416 e. The van der Waals surface area contributed by atoms with Crippen LogP contribution in [0.1, 0.15) is 88.1 Å². The van der Waals surface area contributed by atoms with E-state index in [1.54, 1.807) is 10.4 Å². The first-order valence-corrected chi connectivity index (χ1v) is 14.2. The van der Waals surface area contributed by atoms with Crippen molar-refractivity contribution >= 4 is 23.6 Å². The Morgan fingerprint density at radius 2 is 1.56 bits per heavy atom. The number of halogens is 3. The van der Waals surface area contributed by atoms with E-state index in [1.165, 1.54) is 0 Å². The molecule has 4 amide bonds. The smallest absolute Gasteiger partial charge is 0.349 e. The fraction of sp³-hybridized carbons (Fsp3) is 0.655. The largest absolute Gasteiger partial charge is 0.416 e. The second-order valence-corrected chi connectivity index (χ2v) is 12.3. The van der Waals surface area contributed by atoms with Crippen LogP contribution in [-0.2, 0) is 20.6 Å². The molecule has 1 heterocycles. The van der Waals surface area contributed by atoms with Gasteiger partial charge in [-0.1, -0.05) is 46.5 Å². The highest BCUT2D eigenvalue weighted by molar-refractivity contribution is 5.94. The Bertz CT molecular complexity index is 1070. The van der Waals surface area contributed by atoms with Crippen molar-refractivity contribution in [2.45, 2.75) is 90.4 Å². The van der Waals surface area contributed by atoms with Crippen LogP contribution >= 0.6 is 0 Å². The average molecular weight is 583 g/mol. The molecule has 1 saturated carbocycles. The van der Waals surface area contributed by atoms with Gasteiger partial charge in [0.15, 0.2) is 0 Å². The molecular weight excluding hydrogens is 541 g/mol. The van der Waals surface area contributed by atoms with E-state index in [2.05, 4.69) is 10.6 Å². The van der Waals surface area contributed by atoms with Crippen LogP contribution in [0.4, 0.5) is 13.2 Å². The number of hydrogen-bond donors (Lipinski definition) is 4. The number of benzene rings is 1. The molecule has 1 unspecified atom stereocenters. The molecule has 2 aliphatic rings. The van der Waals surface area contributed by atoms with Gasteiger partial charge in [0.05, 0.1) is 5.56 Å². The van der Waals surface area contributed by atoms with E-state index in [-0.39, 0.29) is 23.9 Å². The van der Waals surface area contributed by atoms with Crippen LogP contribution in [0.3, 0.4) is 0 Å². The van der Waals surface area contributed by atoms with Gasteiger partial charge in [0, 0.05) is 37.0 Å². The highest BCUT2D eigenvalue weighted by Crippen LogP contribution is 2.32. The maximum absolute atomic E-state index is 13.6. The highest BCUT2D eigenvalue weighted by Gasteiger charge is 2.39. The molecule has 0 aromatic heterocycles.